The molecular weight excluding hydrogens is 344 g/mol. The minimum Gasteiger partial charge on any atom is -0.493 e. The van der Waals surface area contributed by atoms with Crippen molar-refractivity contribution in [3.8, 4) is 11.5 Å². The highest BCUT2D eigenvalue weighted by atomic mass is 35.5. The molecule has 0 atom stereocenters. The number of halogens is 1. The Morgan fingerprint density at radius 1 is 1.36 bits per heavy atom. The van der Waals surface area contributed by atoms with Crippen molar-refractivity contribution in [1.29, 1.82) is 0 Å². The van der Waals surface area contributed by atoms with Gasteiger partial charge in [-0.15, -0.1) is 19.0 Å². The Hall–Kier alpha value is -1.76. The van der Waals surface area contributed by atoms with Crippen LogP contribution in [0.2, 0.25) is 0 Å². The van der Waals surface area contributed by atoms with Crippen molar-refractivity contribution in [2.24, 2.45) is 5.73 Å². The maximum atomic E-state index is 12.4. The van der Waals surface area contributed by atoms with Crippen molar-refractivity contribution in [1.82, 2.24) is 5.32 Å². The standard InChI is InChI=1S/C18H26N2O4.ClH/c1-4-5-14-10-13(11-15(22-2)16(14)23-3)12-20-17(21)18(19)6-8-24-9-7-18;/h4,10-11H,1,5-9,12,19H2,2-3H3,(H,20,21);1H. The molecule has 25 heavy (non-hydrogen) atoms. The summed E-state index contributed by atoms with van der Waals surface area (Å²) in [7, 11) is 3.20. The Labute approximate surface area is 155 Å². The van der Waals surface area contributed by atoms with E-state index in [4.69, 9.17) is 19.9 Å². The molecule has 1 heterocycles. The van der Waals surface area contributed by atoms with E-state index in [0.29, 0.717) is 50.5 Å². The zero-order valence-corrected chi connectivity index (χ0v) is 15.6. The van der Waals surface area contributed by atoms with Gasteiger partial charge >= 0.3 is 0 Å². The molecule has 140 valence electrons. The Morgan fingerprint density at radius 3 is 2.60 bits per heavy atom. The van der Waals surface area contributed by atoms with Gasteiger partial charge in [-0.05, 0) is 37.0 Å². The maximum absolute atomic E-state index is 12.4. The average molecular weight is 371 g/mol. The highest BCUT2D eigenvalue weighted by Crippen LogP contribution is 2.33. The molecule has 6 nitrogen and oxygen atoms in total. The molecular formula is C18H27ClN2O4. The summed E-state index contributed by atoms with van der Waals surface area (Å²) >= 11 is 0. The van der Waals surface area contributed by atoms with E-state index >= 15 is 0 Å². The van der Waals surface area contributed by atoms with Crippen LogP contribution in [0.25, 0.3) is 0 Å². The van der Waals surface area contributed by atoms with E-state index in [2.05, 4.69) is 11.9 Å². The number of amides is 1. The fourth-order valence-corrected chi connectivity index (χ4v) is 2.84. The summed E-state index contributed by atoms with van der Waals surface area (Å²) in [6.07, 6.45) is 3.52. The number of allylic oxidation sites excluding steroid dienone is 1. The predicted octanol–water partition coefficient (Wildman–Crippen LogP) is 1.98. The van der Waals surface area contributed by atoms with Gasteiger partial charge in [0.25, 0.3) is 0 Å². The predicted molar refractivity (Wildman–Crippen MR) is 99.5 cm³/mol. The second-order valence-electron chi connectivity index (χ2n) is 5.93. The quantitative estimate of drug-likeness (QED) is 0.717. The summed E-state index contributed by atoms with van der Waals surface area (Å²) in [5, 5.41) is 2.93. The first-order chi connectivity index (χ1) is 11.5. The third-order valence-electron chi connectivity index (χ3n) is 4.27. The molecule has 7 heteroatoms. The number of hydrogen-bond acceptors (Lipinski definition) is 5. The molecule has 1 aromatic rings. The second-order valence-corrected chi connectivity index (χ2v) is 5.93. The molecule has 3 N–H and O–H groups in total. The fourth-order valence-electron chi connectivity index (χ4n) is 2.84. The number of carbonyl (C=O) groups excluding carboxylic acids is 1. The van der Waals surface area contributed by atoms with Crippen LogP contribution in [0.4, 0.5) is 0 Å². The summed E-state index contributed by atoms with van der Waals surface area (Å²) in [6, 6.07) is 3.84. The van der Waals surface area contributed by atoms with Gasteiger partial charge in [-0.3, -0.25) is 4.79 Å². The number of carbonyl (C=O) groups is 1. The van der Waals surface area contributed by atoms with Gasteiger partial charge in [0.2, 0.25) is 5.91 Å². The number of nitrogens with two attached hydrogens (primary N) is 1. The van der Waals surface area contributed by atoms with Crippen molar-refractivity contribution in [3.63, 3.8) is 0 Å². The SMILES string of the molecule is C=CCc1cc(CNC(=O)C2(N)CCOCC2)cc(OC)c1OC.Cl. The molecule has 1 saturated heterocycles. The van der Waals surface area contributed by atoms with Gasteiger partial charge in [-0.1, -0.05) is 6.08 Å². The molecule has 0 radical (unpaired) electrons. The molecule has 0 bridgehead atoms. The van der Waals surface area contributed by atoms with Gasteiger partial charge in [-0.2, -0.15) is 0 Å². The topological polar surface area (TPSA) is 82.8 Å². The van der Waals surface area contributed by atoms with E-state index < -0.39 is 5.54 Å². The lowest BCUT2D eigenvalue weighted by Gasteiger charge is -2.31. The Morgan fingerprint density at radius 2 is 2.04 bits per heavy atom. The number of ether oxygens (including phenoxy) is 3. The van der Waals surface area contributed by atoms with Crippen molar-refractivity contribution >= 4 is 18.3 Å². The normalized spacial score (nSPS) is 15.6. The fraction of sp³-hybridized carbons (Fsp3) is 0.500. The minimum absolute atomic E-state index is 0. The largest absolute Gasteiger partial charge is 0.493 e. The van der Waals surface area contributed by atoms with E-state index in [1.165, 1.54) is 0 Å². The van der Waals surface area contributed by atoms with E-state index in [-0.39, 0.29) is 18.3 Å². The van der Waals surface area contributed by atoms with Crippen LogP contribution in [-0.2, 0) is 22.5 Å². The molecule has 0 saturated carbocycles. The van der Waals surface area contributed by atoms with Gasteiger partial charge < -0.3 is 25.3 Å². The Balaban J connectivity index is 0.00000312. The zero-order chi connectivity index (χ0) is 17.6. The van der Waals surface area contributed by atoms with Gasteiger partial charge in [0, 0.05) is 25.3 Å². The van der Waals surface area contributed by atoms with E-state index in [9.17, 15) is 4.79 Å². The molecule has 0 aromatic heterocycles. The van der Waals surface area contributed by atoms with Crippen molar-refractivity contribution in [2.75, 3.05) is 27.4 Å². The molecule has 0 aliphatic carbocycles. The van der Waals surface area contributed by atoms with Gasteiger partial charge in [0.15, 0.2) is 11.5 Å². The summed E-state index contributed by atoms with van der Waals surface area (Å²) in [5.41, 5.74) is 7.23. The lowest BCUT2D eigenvalue weighted by Crippen LogP contribution is -2.56. The lowest BCUT2D eigenvalue weighted by molar-refractivity contribution is -0.129. The van der Waals surface area contributed by atoms with Gasteiger partial charge in [0.05, 0.1) is 19.8 Å². The highest BCUT2D eigenvalue weighted by molar-refractivity contribution is 5.86. The molecule has 2 rings (SSSR count). The monoisotopic (exact) mass is 370 g/mol. The molecule has 1 fully saturated rings. The van der Waals surface area contributed by atoms with Crippen LogP contribution in [0.5, 0.6) is 11.5 Å². The van der Waals surface area contributed by atoms with Crippen LogP contribution in [-0.4, -0.2) is 38.9 Å². The molecule has 0 spiro atoms. The first kappa shape index (κ1) is 21.3. The number of methoxy groups -OCH3 is 2. The van der Waals surface area contributed by atoms with Crippen molar-refractivity contribution < 1.29 is 19.0 Å². The van der Waals surface area contributed by atoms with Crippen LogP contribution in [0.3, 0.4) is 0 Å². The van der Waals surface area contributed by atoms with E-state index in [1.807, 2.05) is 12.1 Å². The van der Waals surface area contributed by atoms with Crippen LogP contribution in [0.1, 0.15) is 24.0 Å². The number of nitrogens with one attached hydrogen (secondary N) is 1. The van der Waals surface area contributed by atoms with Crippen LogP contribution < -0.4 is 20.5 Å². The number of benzene rings is 1. The third-order valence-corrected chi connectivity index (χ3v) is 4.27. The average Bonchev–Trinajstić information content (AvgIpc) is 2.60. The highest BCUT2D eigenvalue weighted by Gasteiger charge is 2.35. The summed E-state index contributed by atoms with van der Waals surface area (Å²) in [6.45, 7) is 5.18. The van der Waals surface area contributed by atoms with E-state index in [0.717, 1.165) is 11.1 Å². The third kappa shape index (κ3) is 5.11. The van der Waals surface area contributed by atoms with E-state index in [1.54, 1.807) is 20.3 Å². The molecule has 1 amide bonds. The molecule has 1 aliphatic heterocycles. The van der Waals surface area contributed by atoms with Gasteiger partial charge in [0.1, 0.15) is 0 Å². The summed E-state index contributed by atoms with van der Waals surface area (Å²) in [4.78, 5) is 12.4. The lowest BCUT2D eigenvalue weighted by atomic mass is 9.90. The zero-order valence-electron chi connectivity index (χ0n) is 14.8. The Kier molecular flexibility index (Phi) is 8.22. The Bertz CT molecular complexity index is 601. The van der Waals surface area contributed by atoms with Crippen LogP contribution in [0, 0.1) is 0 Å². The first-order valence-corrected chi connectivity index (χ1v) is 8.03. The smallest absolute Gasteiger partial charge is 0.240 e. The van der Waals surface area contributed by atoms with Crippen LogP contribution >= 0.6 is 12.4 Å². The van der Waals surface area contributed by atoms with Crippen LogP contribution in [0.15, 0.2) is 24.8 Å². The minimum atomic E-state index is -0.848. The second kappa shape index (κ2) is 9.65. The van der Waals surface area contributed by atoms with Crippen molar-refractivity contribution in [2.45, 2.75) is 31.3 Å². The maximum Gasteiger partial charge on any atom is 0.240 e. The summed E-state index contributed by atoms with van der Waals surface area (Å²) in [5.74, 6) is 1.17. The van der Waals surface area contributed by atoms with Gasteiger partial charge in [-0.25, -0.2) is 0 Å². The number of hydrogen-bond donors (Lipinski definition) is 2. The number of rotatable bonds is 7. The first-order valence-electron chi connectivity index (χ1n) is 8.03. The van der Waals surface area contributed by atoms with Crippen molar-refractivity contribution in [3.05, 3.63) is 35.9 Å². The molecule has 1 aromatic carbocycles. The molecule has 1 aliphatic rings. The molecule has 0 unspecified atom stereocenters. The summed E-state index contributed by atoms with van der Waals surface area (Å²) < 4.78 is 16.1.